The van der Waals surface area contributed by atoms with E-state index in [0.717, 1.165) is 0 Å². The minimum Gasteiger partial charge on any atom is -0.508 e. The van der Waals surface area contributed by atoms with Crippen LogP contribution in [0.25, 0.3) is 0 Å². The van der Waals surface area contributed by atoms with Gasteiger partial charge in [0, 0.05) is 24.8 Å². The zero-order chi connectivity index (χ0) is 14.6. The van der Waals surface area contributed by atoms with Crippen molar-refractivity contribution in [3.05, 3.63) is 28.8 Å². The Morgan fingerprint density at radius 3 is 1.79 bits per heavy atom. The first-order valence-corrected chi connectivity index (χ1v) is 6.12. The van der Waals surface area contributed by atoms with Crippen LogP contribution < -0.4 is 0 Å². The van der Waals surface area contributed by atoms with Crippen molar-refractivity contribution in [2.75, 3.05) is 0 Å². The lowest BCUT2D eigenvalue weighted by Crippen LogP contribution is -2.10. The van der Waals surface area contributed by atoms with Gasteiger partial charge in [0.1, 0.15) is 23.1 Å². The number of rotatable bonds is 6. The SMILES string of the molecule is CC(=O)Cc1ccc(O)c(CC(C)=O)c1CC(C)=O. The van der Waals surface area contributed by atoms with Crippen molar-refractivity contribution in [3.8, 4) is 5.75 Å². The summed E-state index contributed by atoms with van der Waals surface area (Å²) in [6, 6.07) is 3.11. The molecule has 1 aromatic carbocycles. The average Bonchev–Trinajstić information content (AvgIpc) is 2.25. The number of hydrogen-bond donors (Lipinski definition) is 1. The fourth-order valence-electron chi connectivity index (χ4n) is 2.08. The molecule has 0 saturated carbocycles. The Hall–Kier alpha value is -1.97. The highest BCUT2D eigenvalue weighted by molar-refractivity contribution is 5.84. The number of phenols is 1. The summed E-state index contributed by atoms with van der Waals surface area (Å²) < 4.78 is 0. The van der Waals surface area contributed by atoms with Gasteiger partial charge in [0.25, 0.3) is 0 Å². The van der Waals surface area contributed by atoms with E-state index < -0.39 is 0 Å². The van der Waals surface area contributed by atoms with Gasteiger partial charge < -0.3 is 5.11 Å². The molecule has 102 valence electrons. The van der Waals surface area contributed by atoms with E-state index in [-0.39, 0.29) is 42.4 Å². The van der Waals surface area contributed by atoms with E-state index in [0.29, 0.717) is 16.7 Å². The maximum atomic E-state index is 11.3. The molecule has 1 N–H and O–H groups in total. The van der Waals surface area contributed by atoms with Crippen LogP contribution in [0.2, 0.25) is 0 Å². The molecule has 1 rings (SSSR count). The molecule has 1 aromatic rings. The second kappa shape index (κ2) is 6.27. The van der Waals surface area contributed by atoms with E-state index in [9.17, 15) is 19.5 Å². The lowest BCUT2D eigenvalue weighted by Gasteiger charge is -2.14. The molecule has 19 heavy (non-hydrogen) atoms. The molecule has 0 fully saturated rings. The minimum absolute atomic E-state index is 0.00116. The summed E-state index contributed by atoms with van der Waals surface area (Å²) in [4.78, 5) is 33.9. The highest BCUT2D eigenvalue weighted by atomic mass is 16.3. The largest absolute Gasteiger partial charge is 0.508 e. The number of aromatic hydroxyl groups is 1. The van der Waals surface area contributed by atoms with Crippen LogP contribution in [-0.4, -0.2) is 22.5 Å². The number of carbonyl (C=O) groups is 3. The number of Topliss-reactive ketones (excluding diaryl/α,β-unsaturated/α-hetero) is 3. The number of ketones is 3. The lowest BCUT2D eigenvalue weighted by atomic mass is 9.91. The van der Waals surface area contributed by atoms with Gasteiger partial charge in [0.05, 0.1) is 0 Å². The fourth-order valence-corrected chi connectivity index (χ4v) is 2.08. The summed E-state index contributed by atoms with van der Waals surface area (Å²) in [5, 5.41) is 9.86. The van der Waals surface area contributed by atoms with Crippen LogP contribution in [-0.2, 0) is 33.6 Å². The summed E-state index contributed by atoms with van der Waals surface area (Å²) in [5.74, 6) is -0.191. The van der Waals surface area contributed by atoms with E-state index in [2.05, 4.69) is 0 Å². The zero-order valence-corrected chi connectivity index (χ0v) is 11.4. The number of hydrogen-bond acceptors (Lipinski definition) is 4. The van der Waals surface area contributed by atoms with E-state index in [1.165, 1.54) is 26.8 Å². The van der Waals surface area contributed by atoms with Crippen LogP contribution in [0.1, 0.15) is 37.5 Å². The molecule has 0 bridgehead atoms. The van der Waals surface area contributed by atoms with Crippen LogP contribution in [0.15, 0.2) is 12.1 Å². The summed E-state index contributed by atoms with van der Waals surface area (Å²) in [6.07, 6.45) is 0.396. The predicted molar refractivity (Wildman–Crippen MR) is 71.3 cm³/mol. The van der Waals surface area contributed by atoms with Gasteiger partial charge in [-0.05, 0) is 38.0 Å². The first kappa shape index (κ1) is 15.1. The van der Waals surface area contributed by atoms with Gasteiger partial charge in [-0.15, -0.1) is 0 Å². The lowest BCUT2D eigenvalue weighted by molar-refractivity contribution is -0.117. The molecule has 0 aliphatic heterocycles. The normalized spacial score (nSPS) is 10.3. The summed E-state index contributed by atoms with van der Waals surface area (Å²) >= 11 is 0. The van der Waals surface area contributed by atoms with Gasteiger partial charge in [-0.1, -0.05) is 6.07 Å². The maximum Gasteiger partial charge on any atom is 0.134 e. The summed E-state index contributed by atoms with van der Waals surface area (Å²) in [6.45, 7) is 4.34. The molecule has 0 aromatic heterocycles. The summed E-state index contributed by atoms with van der Waals surface area (Å²) in [5.41, 5.74) is 1.77. The Balaban J connectivity index is 3.35. The Bertz CT molecular complexity index is 529. The Kier molecular flexibility index (Phi) is 4.98. The first-order valence-electron chi connectivity index (χ1n) is 6.12. The predicted octanol–water partition coefficient (Wildman–Crippen LogP) is 1.79. The molecule has 4 nitrogen and oxygen atoms in total. The molecule has 0 amide bonds. The average molecular weight is 262 g/mol. The minimum atomic E-state index is -0.0972. The molecular formula is C15H18O4. The maximum absolute atomic E-state index is 11.3. The molecule has 0 unspecified atom stereocenters. The fraction of sp³-hybridized carbons (Fsp3) is 0.400. The van der Waals surface area contributed by atoms with Crippen molar-refractivity contribution in [3.63, 3.8) is 0 Å². The van der Waals surface area contributed by atoms with Crippen molar-refractivity contribution in [1.29, 1.82) is 0 Å². The van der Waals surface area contributed by atoms with Gasteiger partial charge in [-0.2, -0.15) is 0 Å². The van der Waals surface area contributed by atoms with Crippen LogP contribution in [0.4, 0.5) is 0 Å². The van der Waals surface area contributed by atoms with Crippen molar-refractivity contribution in [2.24, 2.45) is 0 Å². The zero-order valence-electron chi connectivity index (χ0n) is 11.4. The Morgan fingerprint density at radius 1 is 0.842 bits per heavy atom. The molecule has 0 aliphatic carbocycles. The molecule has 0 heterocycles. The van der Waals surface area contributed by atoms with Crippen molar-refractivity contribution in [1.82, 2.24) is 0 Å². The smallest absolute Gasteiger partial charge is 0.134 e. The molecule has 0 saturated heterocycles. The second-order valence-electron chi connectivity index (χ2n) is 4.84. The van der Waals surface area contributed by atoms with Gasteiger partial charge >= 0.3 is 0 Å². The monoisotopic (exact) mass is 262 g/mol. The standard InChI is InChI=1S/C15H18O4/c1-9(16)6-12-4-5-15(19)14(8-11(3)18)13(12)7-10(2)17/h4-5,19H,6-8H2,1-3H3. The number of benzene rings is 1. The molecule has 4 heteroatoms. The third-order valence-corrected chi connectivity index (χ3v) is 2.79. The third kappa shape index (κ3) is 4.32. The molecule has 0 spiro atoms. The quantitative estimate of drug-likeness (QED) is 0.848. The highest BCUT2D eigenvalue weighted by Crippen LogP contribution is 2.27. The summed E-state index contributed by atoms with van der Waals surface area (Å²) in [7, 11) is 0. The van der Waals surface area contributed by atoms with Crippen LogP contribution in [0.3, 0.4) is 0 Å². The first-order chi connectivity index (χ1) is 8.81. The van der Waals surface area contributed by atoms with E-state index in [1.54, 1.807) is 6.07 Å². The number of carbonyl (C=O) groups excluding carboxylic acids is 3. The van der Waals surface area contributed by atoms with E-state index in [4.69, 9.17) is 0 Å². The molecular weight excluding hydrogens is 244 g/mol. The second-order valence-corrected chi connectivity index (χ2v) is 4.84. The van der Waals surface area contributed by atoms with Gasteiger partial charge in [-0.25, -0.2) is 0 Å². The molecule has 0 atom stereocenters. The van der Waals surface area contributed by atoms with Crippen LogP contribution in [0.5, 0.6) is 5.75 Å². The van der Waals surface area contributed by atoms with Gasteiger partial charge in [-0.3, -0.25) is 14.4 Å². The topological polar surface area (TPSA) is 71.4 Å². The van der Waals surface area contributed by atoms with Crippen LogP contribution >= 0.6 is 0 Å². The Morgan fingerprint density at radius 2 is 1.32 bits per heavy atom. The third-order valence-electron chi connectivity index (χ3n) is 2.79. The number of phenolic OH excluding ortho intramolecular Hbond substituents is 1. The Labute approximate surface area is 112 Å². The van der Waals surface area contributed by atoms with Crippen molar-refractivity contribution in [2.45, 2.75) is 40.0 Å². The van der Waals surface area contributed by atoms with E-state index in [1.807, 2.05) is 0 Å². The van der Waals surface area contributed by atoms with E-state index >= 15 is 0 Å². The molecule has 0 aliphatic rings. The van der Waals surface area contributed by atoms with Crippen molar-refractivity contribution < 1.29 is 19.5 Å². The van der Waals surface area contributed by atoms with Crippen LogP contribution in [0, 0.1) is 0 Å². The molecule has 0 radical (unpaired) electrons. The van der Waals surface area contributed by atoms with Crippen molar-refractivity contribution >= 4 is 17.3 Å². The van der Waals surface area contributed by atoms with Gasteiger partial charge in [0.15, 0.2) is 0 Å². The van der Waals surface area contributed by atoms with Gasteiger partial charge in [0.2, 0.25) is 0 Å². The highest BCUT2D eigenvalue weighted by Gasteiger charge is 2.16.